The number of amides is 2. The van der Waals surface area contributed by atoms with Gasteiger partial charge >= 0.3 is 12.0 Å². The van der Waals surface area contributed by atoms with Crippen LogP contribution in [0.4, 0.5) is 4.79 Å². The summed E-state index contributed by atoms with van der Waals surface area (Å²) in [6.45, 7) is 1.87. The van der Waals surface area contributed by atoms with E-state index in [4.69, 9.17) is 9.84 Å². The molecule has 2 aliphatic rings. The Balaban J connectivity index is 1.80. The van der Waals surface area contributed by atoms with Crippen molar-refractivity contribution in [3.63, 3.8) is 0 Å². The zero-order valence-electron chi connectivity index (χ0n) is 11.2. The minimum absolute atomic E-state index is 0.0680. The molecule has 2 saturated heterocycles. The smallest absolute Gasteiger partial charge is 0.317 e. The number of urea groups is 1. The topological polar surface area (TPSA) is 78.9 Å². The number of carboxylic acids is 1. The highest BCUT2D eigenvalue weighted by Gasteiger charge is 2.29. The fourth-order valence-electron chi connectivity index (χ4n) is 2.25. The second kappa shape index (κ2) is 7.99. The number of carbonyl (C=O) groups excluding carboxylic acids is 1. The van der Waals surface area contributed by atoms with E-state index < -0.39 is 5.97 Å². The van der Waals surface area contributed by atoms with Gasteiger partial charge in [0.25, 0.3) is 0 Å². The fraction of sp³-hybridized carbons (Fsp3) is 0.833. The van der Waals surface area contributed by atoms with Gasteiger partial charge in [0.1, 0.15) is 0 Å². The third-order valence-corrected chi connectivity index (χ3v) is 6.11. The lowest BCUT2D eigenvalue weighted by molar-refractivity contribution is -0.139. The summed E-state index contributed by atoms with van der Waals surface area (Å²) in [6.07, 6.45) is -0.0680. The molecule has 2 heterocycles. The summed E-state index contributed by atoms with van der Waals surface area (Å²) < 4.78 is 5.27. The largest absolute Gasteiger partial charge is 0.481 e. The third kappa shape index (κ3) is 4.75. The zero-order chi connectivity index (χ0) is 14.4. The Labute approximate surface area is 127 Å². The Bertz CT molecular complexity index is 350. The van der Waals surface area contributed by atoms with Crippen LogP contribution in [0.15, 0.2) is 0 Å². The van der Waals surface area contributed by atoms with Crippen LogP contribution in [0.2, 0.25) is 0 Å². The summed E-state index contributed by atoms with van der Waals surface area (Å²) in [6, 6.07) is -0.537. The Hall–Kier alpha value is -0.600. The van der Waals surface area contributed by atoms with Crippen LogP contribution in [-0.2, 0) is 9.53 Å². The Kier molecular flexibility index (Phi) is 6.31. The SMILES string of the molecule is O=C(O)CC1COCCN1C(=O)NCC1CSCCS1. The molecule has 6 nitrogen and oxygen atoms in total. The van der Waals surface area contributed by atoms with Crippen molar-refractivity contribution in [3.05, 3.63) is 0 Å². The van der Waals surface area contributed by atoms with E-state index in [1.54, 1.807) is 4.90 Å². The molecule has 0 aromatic heterocycles. The lowest BCUT2D eigenvalue weighted by Crippen LogP contribution is -2.54. The molecule has 2 N–H and O–H groups in total. The molecule has 2 unspecified atom stereocenters. The molecular formula is C12H20N2O4S2. The second-order valence-corrected chi connectivity index (χ2v) is 7.33. The first-order chi connectivity index (χ1) is 9.66. The molecule has 0 radical (unpaired) electrons. The van der Waals surface area contributed by atoms with Gasteiger partial charge in [-0.25, -0.2) is 4.79 Å². The van der Waals surface area contributed by atoms with E-state index in [1.807, 2.05) is 23.5 Å². The molecule has 2 atom stereocenters. The Morgan fingerprint density at radius 1 is 1.40 bits per heavy atom. The first-order valence-electron chi connectivity index (χ1n) is 6.70. The zero-order valence-corrected chi connectivity index (χ0v) is 12.9. The van der Waals surface area contributed by atoms with Gasteiger partial charge in [0.15, 0.2) is 0 Å². The van der Waals surface area contributed by atoms with Gasteiger partial charge in [0.2, 0.25) is 0 Å². The van der Waals surface area contributed by atoms with Crippen LogP contribution in [0, 0.1) is 0 Å². The number of nitrogens with one attached hydrogen (secondary N) is 1. The van der Waals surface area contributed by atoms with E-state index in [1.165, 1.54) is 5.75 Å². The number of carboxylic acid groups (broad SMARTS) is 1. The highest BCUT2D eigenvalue weighted by Crippen LogP contribution is 2.23. The number of hydrogen-bond donors (Lipinski definition) is 2. The maximum Gasteiger partial charge on any atom is 0.317 e. The van der Waals surface area contributed by atoms with Gasteiger partial charge in [-0.1, -0.05) is 0 Å². The van der Waals surface area contributed by atoms with Crippen LogP contribution >= 0.6 is 23.5 Å². The molecule has 114 valence electrons. The monoisotopic (exact) mass is 320 g/mol. The lowest BCUT2D eigenvalue weighted by Gasteiger charge is -2.35. The molecule has 20 heavy (non-hydrogen) atoms. The summed E-state index contributed by atoms with van der Waals surface area (Å²) in [5.74, 6) is 2.47. The number of ether oxygens (including phenoxy) is 1. The minimum atomic E-state index is -0.905. The summed E-state index contributed by atoms with van der Waals surface area (Å²) in [4.78, 5) is 24.6. The normalized spacial score (nSPS) is 27.1. The highest BCUT2D eigenvalue weighted by atomic mass is 32.2. The van der Waals surface area contributed by atoms with Gasteiger partial charge in [0, 0.05) is 35.6 Å². The van der Waals surface area contributed by atoms with Crippen molar-refractivity contribution in [1.82, 2.24) is 10.2 Å². The van der Waals surface area contributed by atoms with Gasteiger partial charge in [-0.3, -0.25) is 4.79 Å². The molecule has 0 saturated carbocycles. The van der Waals surface area contributed by atoms with Crippen molar-refractivity contribution in [2.75, 3.05) is 43.6 Å². The summed E-state index contributed by atoms with van der Waals surface area (Å²) in [7, 11) is 0. The van der Waals surface area contributed by atoms with Crippen LogP contribution in [0.1, 0.15) is 6.42 Å². The van der Waals surface area contributed by atoms with Crippen molar-refractivity contribution < 1.29 is 19.4 Å². The Morgan fingerprint density at radius 3 is 2.95 bits per heavy atom. The van der Waals surface area contributed by atoms with Crippen molar-refractivity contribution >= 4 is 35.5 Å². The molecular weight excluding hydrogens is 300 g/mol. The maximum atomic E-state index is 12.2. The van der Waals surface area contributed by atoms with Gasteiger partial charge in [-0.15, -0.1) is 0 Å². The number of hydrogen-bond acceptors (Lipinski definition) is 5. The first kappa shape index (κ1) is 15.8. The molecule has 2 aliphatic heterocycles. The first-order valence-corrected chi connectivity index (χ1v) is 8.90. The molecule has 2 fully saturated rings. The standard InChI is InChI=1S/C12H20N2O4S2/c15-11(16)5-9-7-18-2-1-14(9)12(17)13-6-10-8-19-3-4-20-10/h9-10H,1-8H2,(H,13,17)(H,15,16). The van der Waals surface area contributed by atoms with Gasteiger partial charge in [0.05, 0.1) is 25.7 Å². The van der Waals surface area contributed by atoms with Crippen LogP contribution < -0.4 is 5.32 Å². The molecule has 0 aromatic rings. The molecule has 2 rings (SSSR count). The summed E-state index contributed by atoms with van der Waals surface area (Å²) in [5, 5.41) is 12.3. The average Bonchev–Trinajstić information content (AvgIpc) is 2.46. The fourth-order valence-corrected chi connectivity index (χ4v) is 4.86. The summed E-state index contributed by atoms with van der Waals surface area (Å²) in [5.41, 5.74) is 0. The van der Waals surface area contributed by atoms with Gasteiger partial charge in [-0.05, 0) is 0 Å². The van der Waals surface area contributed by atoms with Crippen LogP contribution in [0.5, 0.6) is 0 Å². The van der Waals surface area contributed by atoms with Crippen molar-refractivity contribution in [3.8, 4) is 0 Å². The maximum absolute atomic E-state index is 12.2. The number of thioether (sulfide) groups is 2. The van der Waals surface area contributed by atoms with E-state index >= 15 is 0 Å². The third-order valence-electron chi connectivity index (χ3n) is 3.26. The second-order valence-electron chi connectivity index (χ2n) is 4.77. The Morgan fingerprint density at radius 2 is 2.25 bits per heavy atom. The van der Waals surface area contributed by atoms with Crippen molar-refractivity contribution in [1.29, 1.82) is 0 Å². The molecule has 0 spiro atoms. The number of nitrogens with zero attached hydrogens (tertiary/aromatic N) is 1. The van der Waals surface area contributed by atoms with Gasteiger partial charge < -0.3 is 20.1 Å². The van der Waals surface area contributed by atoms with E-state index in [2.05, 4.69) is 5.32 Å². The van der Waals surface area contributed by atoms with Crippen LogP contribution in [-0.4, -0.2) is 76.9 Å². The molecule has 0 aliphatic carbocycles. The number of aliphatic carboxylic acids is 1. The number of morpholine rings is 1. The lowest BCUT2D eigenvalue weighted by atomic mass is 10.1. The predicted molar refractivity (Wildman–Crippen MR) is 80.5 cm³/mol. The van der Waals surface area contributed by atoms with Crippen LogP contribution in [0.25, 0.3) is 0 Å². The summed E-state index contributed by atoms with van der Waals surface area (Å²) >= 11 is 3.81. The van der Waals surface area contributed by atoms with Gasteiger partial charge in [-0.2, -0.15) is 23.5 Å². The van der Waals surface area contributed by atoms with E-state index in [0.717, 1.165) is 11.5 Å². The molecule has 2 amide bonds. The van der Waals surface area contributed by atoms with E-state index in [9.17, 15) is 9.59 Å². The predicted octanol–water partition coefficient (Wildman–Crippen LogP) is 0.720. The van der Waals surface area contributed by atoms with Crippen molar-refractivity contribution in [2.24, 2.45) is 0 Å². The van der Waals surface area contributed by atoms with Crippen molar-refractivity contribution in [2.45, 2.75) is 17.7 Å². The number of rotatable bonds is 4. The highest BCUT2D eigenvalue weighted by molar-refractivity contribution is 8.06. The average molecular weight is 320 g/mol. The molecule has 8 heteroatoms. The quantitative estimate of drug-likeness (QED) is 0.795. The molecule has 0 aromatic carbocycles. The van der Waals surface area contributed by atoms with Crippen LogP contribution in [0.3, 0.4) is 0 Å². The van der Waals surface area contributed by atoms with E-state index in [-0.39, 0.29) is 18.5 Å². The number of carbonyl (C=O) groups is 2. The molecule has 0 bridgehead atoms. The minimum Gasteiger partial charge on any atom is -0.481 e. The van der Waals surface area contributed by atoms with E-state index in [0.29, 0.717) is 31.6 Å².